The molecule has 1 aromatic carbocycles. The van der Waals surface area contributed by atoms with Crippen LogP contribution in [0.2, 0.25) is 5.02 Å². The van der Waals surface area contributed by atoms with E-state index in [1.807, 2.05) is 12.1 Å². The number of hydrogen-bond donors (Lipinski definition) is 2. The summed E-state index contributed by atoms with van der Waals surface area (Å²) < 4.78 is 0. The molecule has 20 heavy (non-hydrogen) atoms. The zero-order valence-electron chi connectivity index (χ0n) is 11.5. The van der Waals surface area contributed by atoms with Gasteiger partial charge in [-0.3, -0.25) is 4.79 Å². The topological polar surface area (TPSA) is 55.1 Å². The summed E-state index contributed by atoms with van der Waals surface area (Å²) in [4.78, 5) is 11.7. The monoisotopic (exact) mass is 316 g/mol. The van der Waals surface area contributed by atoms with Crippen LogP contribution >= 0.6 is 24.0 Å². The number of hydrogen-bond acceptors (Lipinski definition) is 2. The molecule has 0 spiro atoms. The number of amides is 1. The zero-order valence-corrected chi connectivity index (χ0v) is 13.1. The molecule has 112 valence electrons. The van der Waals surface area contributed by atoms with E-state index in [-0.39, 0.29) is 23.7 Å². The van der Waals surface area contributed by atoms with Crippen LogP contribution in [-0.2, 0) is 10.2 Å². The minimum atomic E-state index is 0. The lowest BCUT2D eigenvalue weighted by Gasteiger charge is -2.42. The summed E-state index contributed by atoms with van der Waals surface area (Å²) in [5, 5.41) is 3.80. The molecule has 0 unspecified atom stereocenters. The molecule has 1 fully saturated rings. The molecule has 1 amide bonds. The van der Waals surface area contributed by atoms with Gasteiger partial charge in [-0.1, -0.05) is 30.2 Å². The highest BCUT2D eigenvalue weighted by Gasteiger charge is 2.38. The van der Waals surface area contributed by atoms with Gasteiger partial charge < -0.3 is 11.1 Å². The van der Waals surface area contributed by atoms with E-state index >= 15 is 0 Å². The number of halogens is 2. The second-order valence-electron chi connectivity index (χ2n) is 5.31. The van der Waals surface area contributed by atoms with Crippen LogP contribution < -0.4 is 11.1 Å². The molecule has 2 rings (SSSR count). The van der Waals surface area contributed by atoms with E-state index in [0.717, 1.165) is 30.8 Å². The number of carbonyl (C=O) groups is 1. The van der Waals surface area contributed by atoms with Gasteiger partial charge in [-0.25, -0.2) is 0 Å². The van der Waals surface area contributed by atoms with Gasteiger partial charge in [0, 0.05) is 23.4 Å². The summed E-state index contributed by atoms with van der Waals surface area (Å²) in [5.74, 6) is 0.102. The van der Waals surface area contributed by atoms with Gasteiger partial charge in [0.05, 0.1) is 0 Å². The lowest BCUT2D eigenvalue weighted by Crippen LogP contribution is -2.45. The number of nitrogens with one attached hydrogen (secondary N) is 1. The molecule has 0 heterocycles. The van der Waals surface area contributed by atoms with Crippen molar-refractivity contribution < 1.29 is 4.79 Å². The van der Waals surface area contributed by atoms with Crippen molar-refractivity contribution in [2.24, 2.45) is 5.73 Å². The molecule has 0 saturated heterocycles. The lowest BCUT2D eigenvalue weighted by molar-refractivity contribution is -0.121. The Morgan fingerprint density at radius 2 is 1.95 bits per heavy atom. The molecule has 1 aliphatic rings. The van der Waals surface area contributed by atoms with Crippen molar-refractivity contribution in [2.45, 2.75) is 37.5 Å². The maximum atomic E-state index is 11.7. The molecular formula is C15H22Cl2N2O. The second-order valence-corrected chi connectivity index (χ2v) is 5.75. The summed E-state index contributed by atoms with van der Waals surface area (Å²) in [5.41, 5.74) is 6.80. The first-order chi connectivity index (χ1) is 9.16. The number of rotatable bonds is 6. The Morgan fingerprint density at radius 1 is 1.30 bits per heavy atom. The third-order valence-corrected chi connectivity index (χ3v) is 4.25. The molecule has 1 saturated carbocycles. The fraction of sp³-hybridized carbons (Fsp3) is 0.533. The number of carbonyl (C=O) groups excluding carboxylic acids is 1. The Morgan fingerprint density at radius 3 is 2.45 bits per heavy atom. The van der Waals surface area contributed by atoms with E-state index in [9.17, 15) is 4.79 Å². The molecule has 0 aliphatic heterocycles. The summed E-state index contributed by atoms with van der Waals surface area (Å²) in [6, 6.07) is 8.00. The SMILES string of the molecule is Cl.NCCCC(=O)NCC1(c2ccc(Cl)cc2)CCC1. The Hall–Kier alpha value is -0.770. The average molecular weight is 317 g/mol. The van der Waals surface area contributed by atoms with E-state index in [4.69, 9.17) is 17.3 Å². The van der Waals surface area contributed by atoms with Crippen molar-refractivity contribution >= 4 is 29.9 Å². The van der Waals surface area contributed by atoms with E-state index < -0.39 is 0 Å². The van der Waals surface area contributed by atoms with E-state index in [2.05, 4.69) is 17.4 Å². The van der Waals surface area contributed by atoms with Crippen LogP contribution in [0, 0.1) is 0 Å². The summed E-state index contributed by atoms with van der Waals surface area (Å²) >= 11 is 5.93. The van der Waals surface area contributed by atoms with E-state index in [0.29, 0.717) is 13.0 Å². The van der Waals surface area contributed by atoms with Crippen LogP contribution in [0.5, 0.6) is 0 Å². The molecule has 3 nitrogen and oxygen atoms in total. The first-order valence-electron chi connectivity index (χ1n) is 6.89. The predicted molar refractivity (Wildman–Crippen MR) is 85.5 cm³/mol. The third-order valence-electron chi connectivity index (χ3n) is 4.00. The van der Waals surface area contributed by atoms with Crippen molar-refractivity contribution in [3.05, 3.63) is 34.9 Å². The third kappa shape index (κ3) is 4.11. The Labute approximate surface area is 131 Å². The minimum absolute atomic E-state index is 0. The molecule has 1 aromatic rings. The molecule has 0 atom stereocenters. The molecule has 5 heteroatoms. The van der Waals surface area contributed by atoms with Gasteiger partial charge in [0.2, 0.25) is 5.91 Å². The van der Waals surface area contributed by atoms with E-state index in [1.54, 1.807) is 0 Å². The van der Waals surface area contributed by atoms with Crippen LogP contribution in [0.4, 0.5) is 0 Å². The van der Waals surface area contributed by atoms with Gasteiger partial charge in [0.25, 0.3) is 0 Å². The molecular weight excluding hydrogens is 295 g/mol. The Kier molecular flexibility index (Phi) is 6.80. The van der Waals surface area contributed by atoms with Gasteiger partial charge in [-0.05, 0) is 43.5 Å². The molecule has 3 N–H and O–H groups in total. The Bertz CT molecular complexity index is 430. The van der Waals surface area contributed by atoms with Crippen LogP contribution in [0.25, 0.3) is 0 Å². The minimum Gasteiger partial charge on any atom is -0.355 e. The van der Waals surface area contributed by atoms with Crippen LogP contribution in [0.1, 0.15) is 37.7 Å². The molecule has 1 aliphatic carbocycles. The highest BCUT2D eigenvalue weighted by atomic mass is 35.5. The van der Waals surface area contributed by atoms with Crippen molar-refractivity contribution in [3.8, 4) is 0 Å². The first kappa shape index (κ1) is 17.3. The first-order valence-corrected chi connectivity index (χ1v) is 7.27. The maximum absolute atomic E-state index is 11.7. The van der Waals surface area contributed by atoms with Crippen molar-refractivity contribution in [2.75, 3.05) is 13.1 Å². The molecule has 0 bridgehead atoms. The summed E-state index contributed by atoms with van der Waals surface area (Å²) in [6.07, 6.45) is 4.76. The quantitative estimate of drug-likeness (QED) is 0.847. The van der Waals surface area contributed by atoms with Crippen molar-refractivity contribution in [3.63, 3.8) is 0 Å². The summed E-state index contributed by atoms with van der Waals surface area (Å²) in [7, 11) is 0. The maximum Gasteiger partial charge on any atom is 0.220 e. The molecule has 0 radical (unpaired) electrons. The highest BCUT2D eigenvalue weighted by Crippen LogP contribution is 2.43. The lowest BCUT2D eigenvalue weighted by atomic mass is 9.64. The fourth-order valence-electron chi connectivity index (χ4n) is 2.59. The van der Waals surface area contributed by atoms with Crippen molar-refractivity contribution in [1.82, 2.24) is 5.32 Å². The largest absolute Gasteiger partial charge is 0.355 e. The van der Waals surface area contributed by atoms with Gasteiger partial charge in [-0.2, -0.15) is 0 Å². The van der Waals surface area contributed by atoms with Crippen LogP contribution in [0.3, 0.4) is 0 Å². The smallest absolute Gasteiger partial charge is 0.220 e. The van der Waals surface area contributed by atoms with Gasteiger partial charge in [0.15, 0.2) is 0 Å². The zero-order chi connectivity index (χ0) is 13.7. The van der Waals surface area contributed by atoms with Crippen LogP contribution in [0.15, 0.2) is 24.3 Å². The second kappa shape index (κ2) is 7.87. The van der Waals surface area contributed by atoms with E-state index in [1.165, 1.54) is 12.0 Å². The Balaban J connectivity index is 0.00000200. The standard InChI is InChI=1S/C15H21ClN2O.ClH/c16-13-6-4-12(5-7-13)15(8-2-9-15)11-18-14(19)3-1-10-17;/h4-7H,1-3,8-11,17H2,(H,18,19);1H. The van der Waals surface area contributed by atoms with Gasteiger partial charge in [0.1, 0.15) is 0 Å². The number of benzene rings is 1. The van der Waals surface area contributed by atoms with Crippen LogP contribution in [-0.4, -0.2) is 19.0 Å². The normalized spacial score (nSPS) is 15.9. The van der Waals surface area contributed by atoms with Gasteiger partial charge in [-0.15, -0.1) is 12.4 Å². The molecule has 0 aromatic heterocycles. The summed E-state index contributed by atoms with van der Waals surface area (Å²) in [6.45, 7) is 1.29. The van der Waals surface area contributed by atoms with Crippen molar-refractivity contribution in [1.29, 1.82) is 0 Å². The average Bonchev–Trinajstić information content (AvgIpc) is 2.37. The predicted octanol–water partition coefficient (Wildman–Crippen LogP) is 3.04. The van der Waals surface area contributed by atoms with Gasteiger partial charge >= 0.3 is 0 Å². The number of nitrogens with two attached hydrogens (primary N) is 1. The fourth-order valence-corrected chi connectivity index (χ4v) is 2.72. The highest BCUT2D eigenvalue weighted by molar-refractivity contribution is 6.30.